The minimum absolute atomic E-state index is 0.221. The Labute approximate surface area is 110 Å². The van der Waals surface area contributed by atoms with Crippen LogP contribution < -0.4 is 10.9 Å². The molecular formula is C12H15N5O2. The molecule has 0 spiro atoms. The predicted molar refractivity (Wildman–Crippen MR) is 69.5 cm³/mol. The van der Waals surface area contributed by atoms with E-state index in [9.17, 15) is 4.79 Å². The molecule has 0 saturated heterocycles. The molecule has 0 aliphatic carbocycles. The molecule has 100 valence electrons. The monoisotopic (exact) mass is 261 g/mol. The average Bonchev–Trinajstić information content (AvgIpc) is 2.44. The van der Waals surface area contributed by atoms with E-state index in [1.807, 2.05) is 0 Å². The maximum atomic E-state index is 11.6. The molecule has 0 amide bonds. The Morgan fingerprint density at radius 2 is 2.16 bits per heavy atom. The van der Waals surface area contributed by atoms with Crippen molar-refractivity contribution in [2.75, 3.05) is 20.3 Å². The van der Waals surface area contributed by atoms with Crippen molar-refractivity contribution in [2.45, 2.75) is 6.54 Å². The number of methoxy groups -OCH3 is 1. The predicted octanol–water partition coefficient (Wildman–Crippen LogP) is -0.0371. The first-order chi connectivity index (χ1) is 9.29. The van der Waals surface area contributed by atoms with Crippen LogP contribution in [-0.4, -0.2) is 40.2 Å². The number of nitrogens with one attached hydrogen (secondary N) is 2. The van der Waals surface area contributed by atoms with Crippen molar-refractivity contribution >= 4 is 0 Å². The third-order valence-corrected chi connectivity index (χ3v) is 2.36. The third-order valence-electron chi connectivity index (χ3n) is 2.36. The molecular weight excluding hydrogens is 246 g/mol. The Bertz CT molecular complexity index is 570. The van der Waals surface area contributed by atoms with Crippen molar-refractivity contribution in [1.82, 2.24) is 25.3 Å². The molecule has 7 heteroatoms. The standard InChI is InChI=1S/C12H15N5O2/c1-19-6-5-13-8-9-7-10(18)17-12(16-9)11-14-3-2-4-15-11/h2-4,7,13H,5-6,8H2,1H3,(H,16,17,18). The highest BCUT2D eigenvalue weighted by molar-refractivity contribution is 5.41. The number of rotatable bonds is 6. The van der Waals surface area contributed by atoms with Crippen molar-refractivity contribution in [1.29, 1.82) is 0 Å². The first-order valence-electron chi connectivity index (χ1n) is 5.87. The van der Waals surface area contributed by atoms with Crippen LogP contribution in [0.25, 0.3) is 11.6 Å². The van der Waals surface area contributed by atoms with E-state index in [1.165, 1.54) is 6.07 Å². The van der Waals surface area contributed by atoms with Gasteiger partial charge < -0.3 is 15.0 Å². The molecule has 0 aliphatic rings. The van der Waals surface area contributed by atoms with Crippen LogP contribution in [0.5, 0.6) is 0 Å². The molecule has 0 atom stereocenters. The number of aromatic amines is 1. The van der Waals surface area contributed by atoms with Crippen molar-refractivity contribution in [2.24, 2.45) is 0 Å². The Morgan fingerprint density at radius 3 is 2.89 bits per heavy atom. The van der Waals surface area contributed by atoms with Crippen LogP contribution in [0.4, 0.5) is 0 Å². The van der Waals surface area contributed by atoms with Gasteiger partial charge in [0.1, 0.15) is 0 Å². The van der Waals surface area contributed by atoms with Gasteiger partial charge in [-0.2, -0.15) is 0 Å². The van der Waals surface area contributed by atoms with Crippen LogP contribution in [0.3, 0.4) is 0 Å². The van der Waals surface area contributed by atoms with Crippen molar-refractivity contribution < 1.29 is 4.74 Å². The summed E-state index contributed by atoms with van der Waals surface area (Å²) < 4.78 is 4.93. The van der Waals surface area contributed by atoms with E-state index >= 15 is 0 Å². The molecule has 7 nitrogen and oxygen atoms in total. The number of ether oxygens (including phenoxy) is 1. The fourth-order valence-corrected chi connectivity index (χ4v) is 1.52. The van der Waals surface area contributed by atoms with E-state index in [0.717, 1.165) is 0 Å². The number of H-pyrrole nitrogens is 1. The second-order valence-corrected chi connectivity index (χ2v) is 3.83. The van der Waals surface area contributed by atoms with E-state index < -0.39 is 0 Å². The average molecular weight is 261 g/mol. The molecule has 0 bridgehead atoms. The van der Waals surface area contributed by atoms with Gasteiger partial charge in [0.05, 0.1) is 12.3 Å². The third kappa shape index (κ3) is 3.94. The van der Waals surface area contributed by atoms with Gasteiger partial charge in [0.2, 0.25) is 0 Å². The van der Waals surface area contributed by atoms with Crippen LogP contribution in [0.15, 0.2) is 29.3 Å². The summed E-state index contributed by atoms with van der Waals surface area (Å²) in [7, 11) is 1.64. The van der Waals surface area contributed by atoms with Gasteiger partial charge >= 0.3 is 0 Å². The van der Waals surface area contributed by atoms with Gasteiger partial charge in [-0.05, 0) is 6.07 Å². The summed E-state index contributed by atoms with van der Waals surface area (Å²) in [6.45, 7) is 1.80. The van der Waals surface area contributed by atoms with Gasteiger partial charge in [-0.15, -0.1) is 0 Å². The lowest BCUT2D eigenvalue weighted by atomic mass is 10.3. The quantitative estimate of drug-likeness (QED) is 0.709. The van der Waals surface area contributed by atoms with Crippen LogP contribution in [-0.2, 0) is 11.3 Å². The summed E-state index contributed by atoms with van der Waals surface area (Å²) in [5, 5.41) is 3.13. The van der Waals surface area contributed by atoms with Gasteiger partial charge in [0.15, 0.2) is 11.6 Å². The molecule has 0 radical (unpaired) electrons. The SMILES string of the molecule is COCCNCc1cc(=O)[nH]c(-c2ncccn2)n1. The molecule has 19 heavy (non-hydrogen) atoms. The fourth-order valence-electron chi connectivity index (χ4n) is 1.52. The lowest BCUT2D eigenvalue weighted by Gasteiger charge is -2.05. The summed E-state index contributed by atoms with van der Waals surface area (Å²) >= 11 is 0. The lowest BCUT2D eigenvalue weighted by molar-refractivity contribution is 0.199. The van der Waals surface area contributed by atoms with Gasteiger partial charge in [-0.25, -0.2) is 15.0 Å². The topological polar surface area (TPSA) is 92.8 Å². The smallest absolute Gasteiger partial charge is 0.251 e. The maximum Gasteiger partial charge on any atom is 0.251 e. The number of hydrogen-bond acceptors (Lipinski definition) is 6. The summed E-state index contributed by atoms with van der Waals surface area (Å²) in [6.07, 6.45) is 3.21. The van der Waals surface area contributed by atoms with Gasteiger partial charge in [0, 0.05) is 38.7 Å². The van der Waals surface area contributed by atoms with Gasteiger partial charge in [-0.3, -0.25) is 4.79 Å². The number of nitrogens with zero attached hydrogens (tertiary/aromatic N) is 3. The molecule has 2 aromatic heterocycles. The second-order valence-electron chi connectivity index (χ2n) is 3.83. The minimum atomic E-state index is -0.221. The maximum absolute atomic E-state index is 11.6. The molecule has 2 N–H and O–H groups in total. The molecule has 2 heterocycles. The van der Waals surface area contributed by atoms with E-state index in [-0.39, 0.29) is 5.56 Å². The largest absolute Gasteiger partial charge is 0.383 e. The van der Waals surface area contributed by atoms with Crippen LogP contribution in [0.1, 0.15) is 5.69 Å². The van der Waals surface area contributed by atoms with Crippen LogP contribution >= 0.6 is 0 Å². The molecule has 0 saturated carbocycles. The molecule has 2 rings (SSSR count). The number of hydrogen-bond donors (Lipinski definition) is 2. The summed E-state index contributed by atoms with van der Waals surface area (Å²) in [4.78, 5) is 26.6. The highest BCUT2D eigenvalue weighted by atomic mass is 16.5. The lowest BCUT2D eigenvalue weighted by Crippen LogP contribution is -2.21. The Hall–Kier alpha value is -2.12. The zero-order chi connectivity index (χ0) is 13.5. The summed E-state index contributed by atoms with van der Waals surface area (Å²) in [5.41, 5.74) is 0.420. The normalized spacial score (nSPS) is 10.6. The zero-order valence-electron chi connectivity index (χ0n) is 10.6. The van der Waals surface area contributed by atoms with Crippen molar-refractivity contribution in [3.05, 3.63) is 40.6 Å². The summed E-state index contributed by atoms with van der Waals surface area (Å²) in [5.74, 6) is 0.773. The van der Waals surface area contributed by atoms with Crippen LogP contribution in [0, 0.1) is 0 Å². The molecule has 0 aromatic carbocycles. The molecule has 0 unspecified atom stereocenters. The molecule has 2 aromatic rings. The highest BCUT2D eigenvalue weighted by Crippen LogP contribution is 2.05. The first kappa shape index (κ1) is 13.3. The first-order valence-corrected chi connectivity index (χ1v) is 5.87. The van der Waals surface area contributed by atoms with E-state index in [1.54, 1.807) is 25.6 Å². The fraction of sp³-hybridized carbons (Fsp3) is 0.333. The Kier molecular flexibility index (Phi) is 4.71. The van der Waals surface area contributed by atoms with Gasteiger partial charge in [-0.1, -0.05) is 0 Å². The Morgan fingerprint density at radius 1 is 1.37 bits per heavy atom. The summed E-state index contributed by atoms with van der Waals surface area (Å²) in [6, 6.07) is 3.16. The van der Waals surface area contributed by atoms with Crippen molar-refractivity contribution in [3.8, 4) is 11.6 Å². The highest BCUT2D eigenvalue weighted by Gasteiger charge is 2.05. The van der Waals surface area contributed by atoms with Crippen LogP contribution in [0.2, 0.25) is 0 Å². The van der Waals surface area contributed by atoms with E-state index in [4.69, 9.17) is 4.74 Å². The second kappa shape index (κ2) is 6.72. The van der Waals surface area contributed by atoms with Gasteiger partial charge in [0.25, 0.3) is 5.56 Å². The Balaban J connectivity index is 2.14. The van der Waals surface area contributed by atoms with E-state index in [0.29, 0.717) is 37.0 Å². The number of aromatic nitrogens is 4. The molecule has 0 fully saturated rings. The minimum Gasteiger partial charge on any atom is -0.383 e. The molecule has 0 aliphatic heterocycles. The van der Waals surface area contributed by atoms with Crippen molar-refractivity contribution in [3.63, 3.8) is 0 Å². The van der Waals surface area contributed by atoms with E-state index in [2.05, 4.69) is 25.3 Å². The zero-order valence-corrected chi connectivity index (χ0v) is 10.6.